The van der Waals surface area contributed by atoms with Gasteiger partial charge in [-0.1, -0.05) is 34.6 Å². The van der Waals surface area contributed by atoms with E-state index in [4.69, 9.17) is 4.74 Å². The molecule has 3 heteroatoms. The predicted octanol–water partition coefficient (Wildman–Crippen LogP) is 6.76. The average Bonchev–Trinajstić information content (AvgIpc) is 3.09. The van der Waals surface area contributed by atoms with Gasteiger partial charge in [0, 0.05) is 5.92 Å². The Morgan fingerprint density at radius 1 is 0.727 bits per heavy atom. The molecular formula is C30H48O3. The van der Waals surface area contributed by atoms with Crippen LogP contribution in [0.4, 0.5) is 0 Å². The van der Waals surface area contributed by atoms with Gasteiger partial charge < -0.3 is 9.84 Å². The summed E-state index contributed by atoms with van der Waals surface area (Å²) in [6, 6.07) is 0. The molecule has 5 aliphatic carbocycles. The first-order valence-corrected chi connectivity index (χ1v) is 14.2. The molecule has 1 aliphatic heterocycles. The van der Waals surface area contributed by atoms with Crippen LogP contribution >= 0.6 is 0 Å². The number of hydrogen-bond acceptors (Lipinski definition) is 3. The maximum atomic E-state index is 13.5. The van der Waals surface area contributed by atoms with E-state index in [2.05, 4.69) is 48.5 Å². The first-order valence-electron chi connectivity index (χ1n) is 14.2. The molecule has 1 heterocycles. The molecule has 1 saturated heterocycles. The summed E-state index contributed by atoms with van der Waals surface area (Å²) in [6.07, 6.45) is 11.6. The van der Waals surface area contributed by atoms with Gasteiger partial charge in [0.15, 0.2) is 0 Å². The second kappa shape index (κ2) is 6.40. The monoisotopic (exact) mass is 456 g/mol. The lowest BCUT2D eigenvalue weighted by Crippen LogP contribution is -2.68. The fourth-order valence-electron chi connectivity index (χ4n) is 12.1. The number of rotatable bonds is 0. The second-order valence-corrected chi connectivity index (χ2v) is 15.4. The zero-order valence-corrected chi connectivity index (χ0v) is 22.3. The van der Waals surface area contributed by atoms with E-state index in [1.54, 1.807) is 0 Å². The normalized spacial score (nSPS) is 58.4. The van der Waals surface area contributed by atoms with Crippen LogP contribution in [0.5, 0.6) is 0 Å². The van der Waals surface area contributed by atoms with Crippen LogP contribution in [0.2, 0.25) is 0 Å². The van der Waals surface area contributed by atoms with Crippen molar-refractivity contribution in [2.75, 3.05) is 0 Å². The molecule has 1 N–H and O–H groups in total. The SMILES string of the molecule is CC1(C)OC(=O)C23CCC1C2C1CCC2C4(C)CCC(O)C(C)(C)C4CCC2(C)C1(C)CC3. The van der Waals surface area contributed by atoms with Crippen molar-refractivity contribution in [1.82, 2.24) is 0 Å². The molecule has 0 amide bonds. The molecule has 6 rings (SSSR count). The van der Waals surface area contributed by atoms with Gasteiger partial charge in [0.1, 0.15) is 5.60 Å². The van der Waals surface area contributed by atoms with Gasteiger partial charge in [-0.2, -0.15) is 0 Å². The molecule has 6 aliphatic rings. The highest BCUT2D eigenvalue weighted by Crippen LogP contribution is 2.78. The van der Waals surface area contributed by atoms with Crippen molar-refractivity contribution in [2.45, 2.75) is 124 Å². The predicted molar refractivity (Wildman–Crippen MR) is 130 cm³/mol. The van der Waals surface area contributed by atoms with Crippen LogP contribution in [-0.2, 0) is 9.53 Å². The quantitative estimate of drug-likeness (QED) is 0.409. The molecule has 2 bridgehead atoms. The number of ether oxygens (including phenoxy) is 1. The van der Waals surface area contributed by atoms with Gasteiger partial charge >= 0.3 is 5.97 Å². The van der Waals surface area contributed by atoms with Gasteiger partial charge in [0.05, 0.1) is 11.5 Å². The van der Waals surface area contributed by atoms with Crippen LogP contribution < -0.4 is 0 Å². The van der Waals surface area contributed by atoms with Gasteiger partial charge in [-0.3, -0.25) is 4.79 Å². The Bertz CT molecular complexity index is 876. The van der Waals surface area contributed by atoms with Crippen molar-refractivity contribution in [3.05, 3.63) is 0 Å². The standard InChI is InChI=1S/C30H48O3/c1-25(2)20-11-14-29(7)21(27(20,5)13-12-22(25)31)9-8-19-23-18-10-15-30(23,17-16-28(19,29)6)24(32)33-26(18,3)4/h18-23,31H,8-17H2,1-7H3. The summed E-state index contributed by atoms with van der Waals surface area (Å²) in [5.41, 5.74) is 0.457. The van der Waals surface area contributed by atoms with Crippen LogP contribution in [0.25, 0.3) is 0 Å². The molecular weight excluding hydrogens is 408 g/mol. The summed E-state index contributed by atoms with van der Waals surface area (Å²) in [7, 11) is 0. The lowest BCUT2D eigenvalue weighted by atomic mass is 9.32. The molecule has 5 saturated carbocycles. The van der Waals surface area contributed by atoms with Gasteiger partial charge in [-0.25, -0.2) is 0 Å². The van der Waals surface area contributed by atoms with Crippen molar-refractivity contribution >= 4 is 5.97 Å². The highest BCUT2D eigenvalue weighted by molar-refractivity contribution is 5.80. The fraction of sp³-hybridized carbons (Fsp3) is 0.967. The second-order valence-electron chi connectivity index (χ2n) is 15.4. The highest BCUT2D eigenvalue weighted by atomic mass is 16.6. The molecule has 186 valence electrons. The number of cyclic esters (lactones) is 1. The van der Waals surface area contributed by atoms with Crippen molar-refractivity contribution < 1.29 is 14.6 Å². The Kier molecular flexibility index (Phi) is 4.44. The van der Waals surface area contributed by atoms with Crippen LogP contribution in [-0.4, -0.2) is 22.8 Å². The van der Waals surface area contributed by atoms with E-state index < -0.39 is 0 Å². The minimum absolute atomic E-state index is 0.0129. The van der Waals surface area contributed by atoms with E-state index in [1.807, 2.05) is 0 Å². The zero-order valence-electron chi connectivity index (χ0n) is 22.3. The van der Waals surface area contributed by atoms with Gasteiger partial charge in [0.2, 0.25) is 0 Å². The first-order chi connectivity index (χ1) is 15.2. The third kappa shape index (κ3) is 2.45. The van der Waals surface area contributed by atoms with Crippen molar-refractivity contribution in [3.8, 4) is 0 Å². The maximum Gasteiger partial charge on any atom is 0.312 e. The summed E-state index contributed by atoms with van der Waals surface area (Å²) in [6.45, 7) is 17.0. The zero-order chi connectivity index (χ0) is 23.8. The molecule has 0 aromatic carbocycles. The van der Waals surface area contributed by atoms with E-state index in [-0.39, 0.29) is 28.5 Å². The number of fused-ring (bicyclic) bond motifs is 5. The molecule has 3 nitrogen and oxygen atoms in total. The van der Waals surface area contributed by atoms with Crippen LogP contribution in [0.15, 0.2) is 0 Å². The molecule has 0 radical (unpaired) electrons. The molecule has 33 heavy (non-hydrogen) atoms. The summed E-state index contributed by atoms with van der Waals surface area (Å²) in [5, 5.41) is 10.9. The van der Waals surface area contributed by atoms with Crippen LogP contribution in [0, 0.1) is 56.7 Å². The Morgan fingerprint density at radius 2 is 1.45 bits per heavy atom. The lowest BCUT2D eigenvalue weighted by molar-refractivity contribution is -0.264. The smallest absolute Gasteiger partial charge is 0.312 e. The topological polar surface area (TPSA) is 46.5 Å². The number of esters is 1. The molecule has 0 aromatic heterocycles. The highest BCUT2D eigenvalue weighted by Gasteiger charge is 2.74. The summed E-state index contributed by atoms with van der Waals surface area (Å²) in [4.78, 5) is 13.5. The molecule has 10 atom stereocenters. The van der Waals surface area contributed by atoms with E-state index in [0.29, 0.717) is 39.9 Å². The number of carbonyl (C=O) groups excluding carboxylic acids is 1. The van der Waals surface area contributed by atoms with Crippen LogP contribution in [0.3, 0.4) is 0 Å². The van der Waals surface area contributed by atoms with E-state index in [0.717, 1.165) is 25.2 Å². The lowest BCUT2D eigenvalue weighted by Gasteiger charge is -2.73. The maximum absolute atomic E-state index is 13.5. The number of carbonyl (C=O) groups is 1. The molecule has 0 spiro atoms. The molecule has 10 unspecified atom stereocenters. The van der Waals surface area contributed by atoms with Gasteiger partial charge in [-0.05, 0) is 123 Å². The van der Waals surface area contributed by atoms with E-state index in [9.17, 15) is 9.90 Å². The largest absolute Gasteiger partial charge is 0.459 e. The minimum atomic E-state index is -0.315. The molecule has 0 aromatic rings. The fourth-order valence-corrected chi connectivity index (χ4v) is 12.1. The summed E-state index contributed by atoms with van der Waals surface area (Å²) >= 11 is 0. The number of hydrogen-bond donors (Lipinski definition) is 1. The third-order valence-electron chi connectivity index (χ3n) is 14.1. The Balaban J connectivity index is 1.41. The van der Waals surface area contributed by atoms with Crippen LogP contribution in [0.1, 0.15) is 113 Å². The number of aliphatic hydroxyl groups is 1. The Hall–Kier alpha value is -0.570. The summed E-state index contributed by atoms with van der Waals surface area (Å²) in [5.74, 6) is 3.17. The van der Waals surface area contributed by atoms with Gasteiger partial charge in [-0.15, -0.1) is 0 Å². The van der Waals surface area contributed by atoms with E-state index >= 15 is 0 Å². The molecule has 6 fully saturated rings. The summed E-state index contributed by atoms with van der Waals surface area (Å²) < 4.78 is 6.12. The van der Waals surface area contributed by atoms with E-state index in [1.165, 1.54) is 44.9 Å². The third-order valence-corrected chi connectivity index (χ3v) is 14.1. The van der Waals surface area contributed by atoms with Crippen molar-refractivity contribution in [1.29, 1.82) is 0 Å². The average molecular weight is 457 g/mol. The van der Waals surface area contributed by atoms with Crippen molar-refractivity contribution in [3.63, 3.8) is 0 Å². The Morgan fingerprint density at radius 3 is 2.18 bits per heavy atom. The van der Waals surface area contributed by atoms with Crippen molar-refractivity contribution in [2.24, 2.45) is 56.7 Å². The first kappa shape index (κ1) is 22.9. The Labute approximate surface area is 201 Å². The number of aliphatic hydroxyl groups excluding tert-OH is 1. The van der Waals surface area contributed by atoms with Gasteiger partial charge in [0.25, 0.3) is 0 Å². The minimum Gasteiger partial charge on any atom is -0.459 e.